The van der Waals surface area contributed by atoms with Gasteiger partial charge in [0.2, 0.25) is 0 Å². The van der Waals surface area contributed by atoms with E-state index >= 15 is 0 Å². The maximum Gasteiger partial charge on any atom is 0.410 e. The number of aryl methyl sites for hydroxylation is 1. The fraction of sp³-hybridized carbons (Fsp3) is 0.577. The zero-order valence-electron chi connectivity index (χ0n) is 23.1. The first-order valence-corrected chi connectivity index (χ1v) is 12.7. The van der Waals surface area contributed by atoms with Crippen LogP contribution in [0.4, 0.5) is 10.5 Å². The number of carbonyl (C=O) groups is 2. The summed E-state index contributed by atoms with van der Waals surface area (Å²) in [6.45, 7) is 8.27. The zero-order chi connectivity index (χ0) is 28.9. The van der Waals surface area contributed by atoms with E-state index in [-0.39, 0.29) is 55.1 Å². The van der Waals surface area contributed by atoms with Crippen LogP contribution >= 0.6 is 0 Å². The van der Waals surface area contributed by atoms with Crippen molar-refractivity contribution < 1.29 is 33.5 Å². The van der Waals surface area contributed by atoms with Crippen molar-refractivity contribution in [2.75, 3.05) is 40.0 Å². The maximum atomic E-state index is 12.8. The highest BCUT2D eigenvalue weighted by Crippen LogP contribution is 2.32. The van der Waals surface area contributed by atoms with Gasteiger partial charge in [0.05, 0.1) is 35.8 Å². The number of benzene rings is 1. The van der Waals surface area contributed by atoms with Crippen LogP contribution in [0.5, 0.6) is 11.5 Å². The standard InChI is InChI=1S/C26H36N4O9/c1-16-9-19(14-29(13-16)25(33)39-26(2,3)4)36-7-8-37-20-12-18(30(34)35)10-17-11-21(38-15-22(31)27-5)24(32)28(6)23(17)20/h10-12,16,19H,7-9,13-15H2,1-6H3,(H,27,31)/t16-,19+/m0/s1. The van der Waals surface area contributed by atoms with Gasteiger partial charge in [-0.15, -0.1) is 0 Å². The smallest absolute Gasteiger partial charge is 0.410 e. The van der Waals surface area contributed by atoms with E-state index in [1.165, 1.54) is 36.9 Å². The van der Waals surface area contributed by atoms with Crippen LogP contribution in [0.15, 0.2) is 23.0 Å². The predicted octanol–water partition coefficient (Wildman–Crippen LogP) is 2.61. The number of nitro benzene ring substituents is 1. The summed E-state index contributed by atoms with van der Waals surface area (Å²) in [5.41, 5.74) is -1.02. The number of nitro groups is 1. The maximum absolute atomic E-state index is 12.8. The molecular weight excluding hydrogens is 512 g/mol. The number of hydrogen-bond acceptors (Lipinski definition) is 9. The van der Waals surface area contributed by atoms with Gasteiger partial charge in [0.25, 0.3) is 17.2 Å². The first kappa shape index (κ1) is 29.7. The van der Waals surface area contributed by atoms with Gasteiger partial charge in [0, 0.05) is 32.1 Å². The molecule has 39 heavy (non-hydrogen) atoms. The summed E-state index contributed by atoms with van der Waals surface area (Å²) in [4.78, 5) is 49.5. The minimum atomic E-state index is -0.597. The summed E-state index contributed by atoms with van der Waals surface area (Å²) < 4.78 is 23.9. The minimum Gasteiger partial charge on any atom is -0.489 e. The van der Waals surface area contributed by atoms with Crippen LogP contribution in [-0.2, 0) is 21.3 Å². The molecule has 1 aliphatic heterocycles. The normalized spacial score (nSPS) is 17.5. The molecule has 1 N–H and O–H groups in total. The molecular formula is C26H36N4O9. The van der Waals surface area contributed by atoms with E-state index in [0.29, 0.717) is 24.0 Å². The zero-order valence-corrected chi connectivity index (χ0v) is 23.1. The number of pyridine rings is 1. The van der Waals surface area contributed by atoms with Crippen molar-refractivity contribution in [1.29, 1.82) is 0 Å². The summed E-state index contributed by atoms with van der Waals surface area (Å²) in [5, 5.41) is 14.3. The second kappa shape index (κ2) is 12.3. The molecule has 0 spiro atoms. The third-order valence-corrected chi connectivity index (χ3v) is 6.04. The number of likely N-dealkylation sites (N-methyl/N-ethyl adjacent to an activating group) is 1. The minimum absolute atomic E-state index is 0.0523. The van der Waals surface area contributed by atoms with Gasteiger partial charge < -0.3 is 33.7 Å². The number of fused-ring (bicyclic) bond motifs is 1. The third-order valence-electron chi connectivity index (χ3n) is 6.04. The van der Waals surface area contributed by atoms with Gasteiger partial charge in [-0.3, -0.25) is 19.7 Å². The van der Waals surface area contributed by atoms with Crippen molar-refractivity contribution in [1.82, 2.24) is 14.8 Å². The van der Waals surface area contributed by atoms with E-state index in [2.05, 4.69) is 5.32 Å². The first-order valence-electron chi connectivity index (χ1n) is 12.7. The molecule has 3 rings (SSSR count). The van der Waals surface area contributed by atoms with Crippen LogP contribution in [0, 0.1) is 16.0 Å². The molecule has 1 saturated heterocycles. The Bertz CT molecular complexity index is 1280. The Morgan fingerprint density at radius 1 is 1.13 bits per heavy atom. The number of likely N-dealkylation sites (tertiary alicyclic amines) is 1. The van der Waals surface area contributed by atoms with Crippen LogP contribution in [0.1, 0.15) is 34.1 Å². The molecule has 0 radical (unpaired) electrons. The molecule has 2 atom stereocenters. The molecule has 2 amide bonds. The molecule has 1 aliphatic rings. The largest absolute Gasteiger partial charge is 0.489 e. The Kier molecular flexibility index (Phi) is 9.38. The fourth-order valence-corrected chi connectivity index (χ4v) is 4.34. The van der Waals surface area contributed by atoms with Crippen molar-refractivity contribution in [2.24, 2.45) is 13.0 Å². The van der Waals surface area contributed by atoms with Gasteiger partial charge in [0.1, 0.15) is 12.2 Å². The molecule has 0 bridgehead atoms. The summed E-state index contributed by atoms with van der Waals surface area (Å²) in [6.07, 6.45) is 0.143. The second-order valence-corrected chi connectivity index (χ2v) is 10.5. The highest BCUT2D eigenvalue weighted by atomic mass is 16.6. The van der Waals surface area contributed by atoms with E-state index in [1.807, 2.05) is 27.7 Å². The molecule has 1 fully saturated rings. The monoisotopic (exact) mass is 548 g/mol. The molecule has 1 aromatic heterocycles. The van der Waals surface area contributed by atoms with E-state index in [0.717, 1.165) is 6.42 Å². The summed E-state index contributed by atoms with van der Waals surface area (Å²) >= 11 is 0. The third kappa shape index (κ3) is 7.82. The Morgan fingerprint density at radius 2 is 1.85 bits per heavy atom. The number of non-ortho nitro benzene ring substituents is 1. The van der Waals surface area contributed by atoms with E-state index < -0.39 is 22.0 Å². The lowest BCUT2D eigenvalue weighted by Gasteiger charge is -2.37. The molecule has 0 unspecified atom stereocenters. The lowest BCUT2D eigenvalue weighted by Crippen LogP contribution is -2.48. The number of carbonyl (C=O) groups excluding carboxylic acids is 2. The van der Waals surface area contributed by atoms with Crippen molar-refractivity contribution in [3.63, 3.8) is 0 Å². The topological polar surface area (TPSA) is 151 Å². The lowest BCUT2D eigenvalue weighted by atomic mass is 9.98. The Morgan fingerprint density at radius 3 is 2.49 bits per heavy atom. The van der Waals surface area contributed by atoms with Crippen LogP contribution in [0.2, 0.25) is 0 Å². The summed E-state index contributed by atoms with van der Waals surface area (Å²) in [6, 6.07) is 3.91. The van der Waals surface area contributed by atoms with Crippen molar-refractivity contribution in [3.8, 4) is 11.5 Å². The average molecular weight is 549 g/mol. The van der Waals surface area contributed by atoms with Gasteiger partial charge in [-0.25, -0.2) is 4.79 Å². The van der Waals surface area contributed by atoms with Crippen LogP contribution < -0.4 is 20.3 Å². The molecule has 13 heteroatoms. The van der Waals surface area contributed by atoms with Gasteiger partial charge in [-0.05, 0) is 39.2 Å². The van der Waals surface area contributed by atoms with Crippen molar-refractivity contribution in [2.45, 2.75) is 45.8 Å². The second-order valence-electron chi connectivity index (χ2n) is 10.5. The average Bonchev–Trinajstić information content (AvgIpc) is 2.85. The summed E-state index contributed by atoms with van der Waals surface area (Å²) in [7, 11) is 2.92. The highest BCUT2D eigenvalue weighted by molar-refractivity contribution is 5.88. The summed E-state index contributed by atoms with van der Waals surface area (Å²) in [5.74, 6) is -0.203. The Labute approximate surface area is 226 Å². The van der Waals surface area contributed by atoms with Crippen molar-refractivity contribution in [3.05, 3.63) is 38.7 Å². The lowest BCUT2D eigenvalue weighted by molar-refractivity contribution is -0.384. The number of hydrogen-bond donors (Lipinski definition) is 1. The molecule has 2 aromatic rings. The molecule has 13 nitrogen and oxygen atoms in total. The molecule has 214 valence electrons. The molecule has 1 aromatic carbocycles. The van der Waals surface area contributed by atoms with Gasteiger partial charge in [-0.1, -0.05) is 6.92 Å². The predicted molar refractivity (Wildman–Crippen MR) is 142 cm³/mol. The number of aromatic nitrogens is 1. The number of piperidine rings is 1. The number of rotatable bonds is 9. The van der Waals surface area contributed by atoms with Crippen LogP contribution in [0.25, 0.3) is 10.9 Å². The number of amides is 2. The van der Waals surface area contributed by atoms with Crippen LogP contribution in [-0.4, -0.2) is 78.1 Å². The van der Waals surface area contributed by atoms with Gasteiger partial charge in [-0.2, -0.15) is 0 Å². The molecule has 0 saturated carbocycles. The quantitative estimate of drug-likeness (QED) is 0.283. The van der Waals surface area contributed by atoms with E-state index in [9.17, 15) is 24.5 Å². The van der Waals surface area contributed by atoms with E-state index in [1.54, 1.807) is 4.90 Å². The van der Waals surface area contributed by atoms with Crippen molar-refractivity contribution >= 4 is 28.6 Å². The Balaban J connectivity index is 1.73. The Hall–Kier alpha value is -3.87. The number of nitrogens with zero attached hydrogens (tertiary/aromatic N) is 3. The van der Waals surface area contributed by atoms with Crippen LogP contribution in [0.3, 0.4) is 0 Å². The first-order chi connectivity index (χ1) is 18.3. The number of ether oxygens (including phenoxy) is 4. The number of nitrogens with one attached hydrogen (secondary N) is 1. The SMILES string of the molecule is CNC(=O)COc1cc2cc([N+](=O)[O-])cc(OCCO[C@@H]3C[C@H](C)CN(C(=O)OC(C)(C)C)C3)c2n(C)c1=O. The fourth-order valence-electron chi connectivity index (χ4n) is 4.34. The van der Waals surface area contributed by atoms with E-state index in [4.69, 9.17) is 18.9 Å². The molecule has 2 heterocycles. The highest BCUT2D eigenvalue weighted by Gasteiger charge is 2.31. The van der Waals surface area contributed by atoms with Gasteiger partial charge in [0.15, 0.2) is 18.1 Å². The molecule has 0 aliphatic carbocycles. The van der Waals surface area contributed by atoms with Gasteiger partial charge >= 0.3 is 6.09 Å².